The van der Waals surface area contributed by atoms with Crippen LogP contribution >= 0.6 is 0 Å². The number of aryl methyl sites for hydroxylation is 4. The van der Waals surface area contributed by atoms with Gasteiger partial charge in [0.05, 0.1) is 0 Å². The van der Waals surface area contributed by atoms with Crippen molar-refractivity contribution >= 4 is 63.0 Å². The van der Waals surface area contributed by atoms with E-state index in [-0.39, 0.29) is 36.1 Å². The van der Waals surface area contributed by atoms with Crippen molar-refractivity contribution in [3.63, 3.8) is 0 Å². The number of rotatable bonds is 8. The van der Waals surface area contributed by atoms with Gasteiger partial charge in [0, 0.05) is 42.3 Å². The van der Waals surface area contributed by atoms with Gasteiger partial charge in [0.2, 0.25) is 0 Å². The number of benzene rings is 4. The van der Waals surface area contributed by atoms with Gasteiger partial charge in [0.15, 0.2) is 0 Å². The minimum atomic E-state index is -1.42. The van der Waals surface area contributed by atoms with Crippen molar-refractivity contribution in [2.24, 2.45) is 0 Å². The predicted molar refractivity (Wildman–Crippen MR) is 182 cm³/mol. The lowest BCUT2D eigenvalue weighted by atomic mass is 10.1. The van der Waals surface area contributed by atoms with Gasteiger partial charge in [-0.05, 0) is 99.9 Å². The zero-order valence-electron chi connectivity index (χ0n) is 24.3. The third-order valence-corrected chi connectivity index (χ3v) is 57.3. The van der Waals surface area contributed by atoms with Crippen LogP contribution in [0.15, 0.2) is 72.8 Å². The van der Waals surface area contributed by atoms with Crippen LogP contribution in [0.3, 0.4) is 0 Å². The molecular formula is C32H44Si5. The van der Waals surface area contributed by atoms with Gasteiger partial charge >= 0.3 is 0 Å². The predicted octanol–water partition coefficient (Wildman–Crippen LogP) is 1.87. The van der Waals surface area contributed by atoms with Crippen LogP contribution in [0.25, 0.3) is 0 Å². The molecule has 4 aromatic rings. The highest BCUT2D eigenvalue weighted by Gasteiger charge is 2.37. The fraction of sp³-hybridized carbons (Fsp3) is 0.250. The summed E-state index contributed by atoms with van der Waals surface area (Å²) in [6.07, 6.45) is -1.42. The Balaban J connectivity index is 1.94. The molecule has 0 unspecified atom stereocenters. The molecule has 0 spiro atoms. The van der Waals surface area contributed by atoms with Crippen molar-refractivity contribution in [3.05, 3.63) is 117 Å². The lowest BCUT2D eigenvalue weighted by Crippen LogP contribution is -2.71. The van der Waals surface area contributed by atoms with Crippen LogP contribution in [0.2, 0.25) is 0 Å². The maximum Gasteiger partial charge on any atom is 0.0423 e. The van der Waals surface area contributed by atoms with E-state index in [1.54, 1.807) is 43.0 Å². The Labute approximate surface area is 234 Å². The van der Waals surface area contributed by atoms with E-state index in [1.165, 1.54) is 22.3 Å². The highest BCUT2D eigenvalue weighted by atomic mass is 30.1. The summed E-state index contributed by atoms with van der Waals surface area (Å²) in [5.41, 5.74) is 12.4. The van der Waals surface area contributed by atoms with Crippen LogP contribution in [0.4, 0.5) is 0 Å². The molecule has 5 heteroatoms. The maximum atomic E-state index is 2.53. The molecule has 37 heavy (non-hydrogen) atoms. The molecule has 0 bridgehead atoms. The second-order valence-corrected chi connectivity index (χ2v) is 59.3. The Morgan fingerprint density at radius 1 is 0.351 bits per heavy atom. The highest BCUT2D eigenvalue weighted by molar-refractivity contribution is 7.90. The van der Waals surface area contributed by atoms with Gasteiger partial charge in [0.25, 0.3) is 0 Å². The molecule has 0 N–H and O–H groups in total. The molecule has 0 saturated heterocycles. The van der Waals surface area contributed by atoms with E-state index in [1.807, 2.05) is 0 Å². The minimum absolute atomic E-state index is 0.347. The molecule has 0 saturated carbocycles. The summed E-state index contributed by atoms with van der Waals surface area (Å²) in [7, 11) is -1.39. The summed E-state index contributed by atoms with van der Waals surface area (Å²) in [6, 6.07) is 28.8. The van der Waals surface area contributed by atoms with E-state index in [9.17, 15) is 0 Å². The molecule has 192 valence electrons. The van der Waals surface area contributed by atoms with Crippen molar-refractivity contribution < 1.29 is 0 Å². The van der Waals surface area contributed by atoms with E-state index in [0.717, 1.165) is 0 Å². The minimum Gasteiger partial charge on any atom is -0.0672 e. The van der Waals surface area contributed by atoms with E-state index in [4.69, 9.17) is 0 Å². The maximum absolute atomic E-state index is 2.53. The SMILES string of the molecule is Cc1cccc([SiH2][Si]([SiH2]c2cccc(C)c2C)([SiH2]c2cccc(C)c2C)[SiH2]c2cccc(C)c2C)c1C. The molecule has 4 rings (SSSR count). The van der Waals surface area contributed by atoms with Crippen LogP contribution < -0.4 is 20.7 Å². The molecule has 0 nitrogen and oxygen atoms in total. The zero-order chi connectivity index (χ0) is 26.7. The monoisotopic (exact) mass is 568 g/mol. The first-order valence-corrected chi connectivity index (χ1v) is 27.9. The van der Waals surface area contributed by atoms with Gasteiger partial charge < -0.3 is 0 Å². The summed E-state index contributed by atoms with van der Waals surface area (Å²) in [6.45, 7) is 18.9. The van der Waals surface area contributed by atoms with Crippen molar-refractivity contribution in [2.45, 2.75) is 55.4 Å². The first-order valence-electron chi connectivity index (χ1n) is 13.8. The van der Waals surface area contributed by atoms with Crippen LogP contribution in [-0.2, 0) is 0 Å². The van der Waals surface area contributed by atoms with Gasteiger partial charge in [-0.25, -0.2) is 0 Å². The van der Waals surface area contributed by atoms with Crippen LogP contribution in [0.5, 0.6) is 0 Å². The molecule has 4 aromatic carbocycles. The third kappa shape index (κ3) is 6.34. The summed E-state index contributed by atoms with van der Waals surface area (Å²) in [4.78, 5) is 0. The van der Waals surface area contributed by atoms with Gasteiger partial charge in [-0.1, -0.05) is 93.5 Å². The van der Waals surface area contributed by atoms with E-state index >= 15 is 0 Å². The molecule has 0 heterocycles. The van der Waals surface area contributed by atoms with Gasteiger partial charge in [-0.15, -0.1) is 0 Å². The molecule has 0 atom stereocenters. The summed E-state index contributed by atoms with van der Waals surface area (Å²) in [5.74, 6) is 0. The van der Waals surface area contributed by atoms with Gasteiger partial charge in [-0.3, -0.25) is 0 Å². The Hall–Kier alpha value is -2.04. The lowest BCUT2D eigenvalue weighted by Gasteiger charge is -2.34. The van der Waals surface area contributed by atoms with Crippen molar-refractivity contribution in [1.82, 2.24) is 0 Å². The molecule has 0 radical (unpaired) electrons. The third-order valence-electron chi connectivity index (χ3n) is 9.13. The average Bonchev–Trinajstić information content (AvgIpc) is 2.86. The summed E-state index contributed by atoms with van der Waals surface area (Å²) in [5, 5.41) is 7.17. The van der Waals surface area contributed by atoms with Crippen molar-refractivity contribution in [2.75, 3.05) is 0 Å². The topological polar surface area (TPSA) is 0 Å². The smallest absolute Gasteiger partial charge is 0.0423 e. The van der Waals surface area contributed by atoms with Crippen LogP contribution in [0, 0.1) is 55.4 Å². The van der Waals surface area contributed by atoms with Crippen molar-refractivity contribution in [3.8, 4) is 0 Å². The molecule has 0 aliphatic heterocycles. The van der Waals surface area contributed by atoms with Crippen LogP contribution in [0.1, 0.15) is 44.5 Å². The second kappa shape index (κ2) is 11.8. The summed E-state index contributed by atoms with van der Waals surface area (Å²) >= 11 is 0. The first kappa shape index (κ1) is 28.0. The standard InChI is InChI=1S/C32H44Si5/c1-21-13-9-17-29(25(21)5)33-37(34-30-18-10-14-22(2)26(30)6,35-31-19-11-15-23(3)27(31)7)36-32-20-12-16-24(4)28(32)8/h9-20H,33-36H2,1-8H3. The Kier molecular flexibility index (Phi) is 8.91. The Bertz CT molecular complexity index is 1200. The van der Waals surface area contributed by atoms with E-state index in [2.05, 4.69) is 128 Å². The molecule has 0 fully saturated rings. The Morgan fingerprint density at radius 2 is 0.568 bits per heavy atom. The first-order chi connectivity index (χ1) is 17.6. The zero-order valence-corrected chi connectivity index (χ0v) is 30.9. The fourth-order valence-electron chi connectivity index (χ4n) is 6.00. The van der Waals surface area contributed by atoms with Crippen molar-refractivity contribution in [1.29, 1.82) is 0 Å². The lowest BCUT2D eigenvalue weighted by molar-refractivity contribution is 1.37. The Morgan fingerprint density at radius 3 is 0.784 bits per heavy atom. The van der Waals surface area contributed by atoms with Gasteiger partial charge in [0.1, 0.15) is 0 Å². The fourth-order valence-corrected chi connectivity index (χ4v) is 65.6. The quantitative estimate of drug-likeness (QED) is 0.285. The summed E-state index contributed by atoms with van der Waals surface area (Å²) < 4.78 is 0. The largest absolute Gasteiger partial charge is 0.0672 e. The average molecular weight is 569 g/mol. The molecule has 0 aliphatic carbocycles. The second-order valence-electron chi connectivity index (χ2n) is 11.6. The molecule has 0 aromatic heterocycles. The van der Waals surface area contributed by atoms with Crippen LogP contribution in [-0.4, -0.2) is 42.3 Å². The molecular weight excluding hydrogens is 525 g/mol. The van der Waals surface area contributed by atoms with E-state index < -0.39 is 6.14 Å². The highest BCUT2D eigenvalue weighted by Crippen LogP contribution is 2.12. The van der Waals surface area contributed by atoms with Gasteiger partial charge in [-0.2, -0.15) is 0 Å². The normalized spacial score (nSPS) is 14.3. The number of hydrogen-bond donors (Lipinski definition) is 0. The van der Waals surface area contributed by atoms with E-state index in [0.29, 0.717) is 0 Å². The molecule has 0 aliphatic rings. The molecule has 0 amide bonds. The number of hydrogen-bond acceptors (Lipinski definition) is 0.